The highest BCUT2D eigenvalue weighted by Gasteiger charge is 2.65. The number of halogens is 1. The third-order valence-electron chi connectivity index (χ3n) is 5.22. The first kappa shape index (κ1) is 14.6. The molecule has 0 bridgehead atoms. The number of carbonyl (C=O) groups excluding carboxylic acids is 2. The maximum atomic E-state index is 13.8. The minimum Gasteiger partial charge on any atom is -0.386 e. The largest absolute Gasteiger partial charge is 0.386 e. The molecule has 1 atom stereocenters. The Morgan fingerprint density at radius 1 is 1.22 bits per heavy atom. The van der Waals surface area contributed by atoms with Crippen LogP contribution < -0.4 is 5.32 Å². The van der Waals surface area contributed by atoms with Gasteiger partial charge in [0.15, 0.2) is 0 Å². The van der Waals surface area contributed by atoms with Gasteiger partial charge in [0, 0.05) is 5.56 Å². The molecule has 6 heteroatoms. The van der Waals surface area contributed by atoms with Crippen molar-refractivity contribution < 1.29 is 19.1 Å². The highest BCUT2D eigenvalue weighted by molar-refractivity contribution is 6.08. The number of amides is 3. The Morgan fingerprint density at radius 3 is 2.39 bits per heavy atom. The molecule has 0 radical (unpaired) electrons. The van der Waals surface area contributed by atoms with E-state index in [1.807, 2.05) is 0 Å². The number of urea groups is 1. The van der Waals surface area contributed by atoms with E-state index in [1.54, 1.807) is 6.07 Å². The maximum Gasteiger partial charge on any atom is 0.325 e. The molecule has 1 aliphatic heterocycles. The number of β-amino-alcohol motifs (C(OH)–C–C–N with tert-alkyl or cyclic N) is 1. The second kappa shape index (κ2) is 5.03. The standard InChI is InChI=1S/C17H19FN2O3/c18-13-4-2-1-3-12(13)14(21)9-20-15(22)17(10-5-6-10,11-7-8-11)19-16(20)23/h1-4,10-11,14,21H,5-9H2,(H,19,23). The molecule has 23 heavy (non-hydrogen) atoms. The average Bonchev–Trinajstić information content (AvgIpc) is 3.42. The van der Waals surface area contributed by atoms with Crippen molar-refractivity contribution in [2.24, 2.45) is 11.8 Å². The minimum atomic E-state index is -1.22. The average molecular weight is 318 g/mol. The summed E-state index contributed by atoms with van der Waals surface area (Å²) in [5, 5.41) is 13.2. The van der Waals surface area contributed by atoms with Crippen molar-refractivity contribution in [1.29, 1.82) is 0 Å². The fourth-order valence-electron chi connectivity index (χ4n) is 3.76. The van der Waals surface area contributed by atoms with Crippen LogP contribution in [0.5, 0.6) is 0 Å². The summed E-state index contributed by atoms with van der Waals surface area (Å²) in [7, 11) is 0. The van der Waals surface area contributed by atoms with Gasteiger partial charge in [0.25, 0.3) is 5.91 Å². The molecule has 0 spiro atoms. The lowest BCUT2D eigenvalue weighted by atomic mass is 9.87. The molecule has 0 aromatic heterocycles. The Labute approximate surface area is 133 Å². The number of benzene rings is 1. The molecule has 3 fully saturated rings. The van der Waals surface area contributed by atoms with Crippen molar-refractivity contribution in [2.45, 2.75) is 37.3 Å². The summed E-state index contributed by atoms with van der Waals surface area (Å²) >= 11 is 0. The van der Waals surface area contributed by atoms with Gasteiger partial charge in [-0.05, 0) is 43.6 Å². The van der Waals surface area contributed by atoms with E-state index >= 15 is 0 Å². The van der Waals surface area contributed by atoms with Crippen LogP contribution in [0.1, 0.15) is 37.4 Å². The SMILES string of the molecule is O=C1NC(C2CC2)(C2CC2)C(=O)N1CC(O)c1ccccc1F. The van der Waals surface area contributed by atoms with Gasteiger partial charge >= 0.3 is 6.03 Å². The Balaban J connectivity index is 1.56. The van der Waals surface area contributed by atoms with Crippen LogP contribution in [0.2, 0.25) is 0 Å². The van der Waals surface area contributed by atoms with E-state index in [9.17, 15) is 19.1 Å². The van der Waals surface area contributed by atoms with Crippen LogP contribution in [-0.2, 0) is 4.79 Å². The second-order valence-electron chi connectivity index (χ2n) is 6.80. The predicted octanol–water partition coefficient (Wildman–Crippen LogP) is 1.97. The number of aliphatic hydroxyl groups excluding tert-OH is 1. The van der Waals surface area contributed by atoms with Gasteiger partial charge < -0.3 is 10.4 Å². The number of hydrogen-bond acceptors (Lipinski definition) is 3. The van der Waals surface area contributed by atoms with Crippen molar-refractivity contribution in [3.8, 4) is 0 Å². The lowest BCUT2D eigenvalue weighted by Crippen LogP contribution is -2.51. The second-order valence-corrected chi connectivity index (χ2v) is 6.80. The molecule has 4 rings (SSSR count). The fourth-order valence-corrected chi connectivity index (χ4v) is 3.76. The van der Waals surface area contributed by atoms with E-state index in [0.29, 0.717) is 0 Å². The quantitative estimate of drug-likeness (QED) is 0.816. The molecule has 2 aliphatic carbocycles. The highest BCUT2D eigenvalue weighted by atomic mass is 19.1. The van der Waals surface area contributed by atoms with Crippen molar-refractivity contribution in [3.63, 3.8) is 0 Å². The van der Waals surface area contributed by atoms with Crippen molar-refractivity contribution >= 4 is 11.9 Å². The van der Waals surface area contributed by atoms with Crippen LogP contribution in [0, 0.1) is 17.7 Å². The van der Waals surface area contributed by atoms with Crippen molar-refractivity contribution in [3.05, 3.63) is 35.6 Å². The summed E-state index contributed by atoms with van der Waals surface area (Å²) in [6, 6.07) is 5.40. The lowest BCUT2D eigenvalue weighted by Gasteiger charge is -2.27. The number of hydrogen-bond donors (Lipinski definition) is 2. The van der Waals surface area contributed by atoms with Crippen LogP contribution >= 0.6 is 0 Å². The zero-order valence-electron chi connectivity index (χ0n) is 12.7. The number of imide groups is 1. The van der Waals surface area contributed by atoms with Gasteiger partial charge in [0.1, 0.15) is 11.4 Å². The van der Waals surface area contributed by atoms with E-state index in [-0.39, 0.29) is 29.9 Å². The smallest absolute Gasteiger partial charge is 0.325 e. The number of rotatable bonds is 5. The number of aliphatic hydroxyl groups is 1. The molecular formula is C17H19FN2O3. The monoisotopic (exact) mass is 318 g/mol. The van der Waals surface area contributed by atoms with Gasteiger partial charge in [-0.2, -0.15) is 0 Å². The third kappa shape index (κ3) is 2.24. The molecule has 1 aromatic rings. The topological polar surface area (TPSA) is 69.6 Å². The Hall–Kier alpha value is -1.95. The first-order chi connectivity index (χ1) is 11.0. The molecule has 5 nitrogen and oxygen atoms in total. The fraction of sp³-hybridized carbons (Fsp3) is 0.529. The summed E-state index contributed by atoms with van der Waals surface area (Å²) in [5.74, 6) is -0.366. The zero-order valence-corrected chi connectivity index (χ0v) is 12.7. The van der Waals surface area contributed by atoms with E-state index in [4.69, 9.17) is 0 Å². The molecule has 1 aromatic carbocycles. The molecule has 1 unspecified atom stereocenters. The van der Waals surface area contributed by atoms with Crippen molar-refractivity contribution in [2.75, 3.05) is 6.54 Å². The van der Waals surface area contributed by atoms with Gasteiger partial charge in [-0.3, -0.25) is 9.69 Å². The zero-order chi connectivity index (χ0) is 16.2. The van der Waals surface area contributed by atoms with Crippen LogP contribution in [-0.4, -0.2) is 34.0 Å². The van der Waals surface area contributed by atoms with Gasteiger partial charge in [-0.15, -0.1) is 0 Å². The molecular weight excluding hydrogens is 299 g/mol. The Morgan fingerprint density at radius 2 is 1.83 bits per heavy atom. The number of carbonyl (C=O) groups is 2. The molecule has 2 saturated carbocycles. The molecule has 3 aliphatic rings. The predicted molar refractivity (Wildman–Crippen MR) is 79.8 cm³/mol. The van der Waals surface area contributed by atoms with E-state index in [2.05, 4.69) is 5.32 Å². The van der Waals surface area contributed by atoms with Crippen LogP contribution in [0.15, 0.2) is 24.3 Å². The summed E-state index contributed by atoms with van der Waals surface area (Å²) in [6.45, 7) is -0.215. The van der Waals surface area contributed by atoms with E-state index < -0.39 is 23.5 Å². The summed E-state index contributed by atoms with van der Waals surface area (Å²) in [5.41, 5.74) is -0.671. The molecule has 2 N–H and O–H groups in total. The molecule has 1 saturated heterocycles. The lowest BCUT2D eigenvalue weighted by molar-refractivity contribution is -0.133. The van der Waals surface area contributed by atoms with Gasteiger partial charge in [-0.1, -0.05) is 18.2 Å². The first-order valence-corrected chi connectivity index (χ1v) is 8.10. The maximum absolute atomic E-state index is 13.8. The van der Waals surface area contributed by atoms with Crippen LogP contribution in [0.3, 0.4) is 0 Å². The summed E-state index contributed by atoms with van der Waals surface area (Å²) < 4.78 is 13.8. The number of nitrogens with one attached hydrogen (secondary N) is 1. The van der Waals surface area contributed by atoms with Gasteiger partial charge in [-0.25, -0.2) is 9.18 Å². The van der Waals surface area contributed by atoms with Gasteiger partial charge in [0.2, 0.25) is 0 Å². The third-order valence-corrected chi connectivity index (χ3v) is 5.22. The molecule has 122 valence electrons. The highest BCUT2D eigenvalue weighted by Crippen LogP contribution is 2.54. The Kier molecular flexibility index (Phi) is 3.20. The first-order valence-electron chi connectivity index (χ1n) is 8.10. The summed E-state index contributed by atoms with van der Waals surface area (Å²) in [6.07, 6.45) is 2.58. The van der Waals surface area contributed by atoms with Crippen LogP contribution in [0.4, 0.5) is 9.18 Å². The summed E-state index contributed by atoms with van der Waals surface area (Å²) in [4.78, 5) is 26.3. The minimum absolute atomic E-state index is 0.100. The Bertz CT molecular complexity index is 658. The van der Waals surface area contributed by atoms with E-state index in [0.717, 1.165) is 30.6 Å². The van der Waals surface area contributed by atoms with E-state index in [1.165, 1.54) is 18.2 Å². The van der Waals surface area contributed by atoms with Gasteiger partial charge in [0.05, 0.1) is 12.6 Å². The normalized spacial score (nSPS) is 24.7. The van der Waals surface area contributed by atoms with Crippen LogP contribution in [0.25, 0.3) is 0 Å². The van der Waals surface area contributed by atoms with Crippen molar-refractivity contribution in [1.82, 2.24) is 10.2 Å². The molecule has 1 heterocycles. The number of nitrogens with zero attached hydrogens (tertiary/aromatic N) is 1. The molecule has 3 amide bonds.